The first kappa shape index (κ1) is 16.3. The molecule has 0 unspecified atom stereocenters. The highest BCUT2D eigenvalue weighted by Crippen LogP contribution is 2.26. The van der Waals surface area contributed by atoms with E-state index in [2.05, 4.69) is 17.6 Å². The molecule has 1 amide bonds. The summed E-state index contributed by atoms with van der Waals surface area (Å²) in [5.41, 5.74) is -0.424. The number of nitrogens with one attached hydrogen (secondary N) is 2. The van der Waals surface area contributed by atoms with Crippen molar-refractivity contribution in [1.29, 1.82) is 0 Å². The van der Waals surface area contributed by atoms with Crippen molar-refractivity contribution in [1.82, 2.24) is 10.6 Å². The van der Waals surface area contributed by atoms with Crippen molar-refractivity contribution < 1.29 is 9.53 Å². The van der Waals surface area contributed by atoms with Crippen LogP contribution in [-0.4, -0.2) is 30.8 Å². The van der Waals surface area contributed by atoms with Gasteiger partial charge in [-0.3, -0.25) is 0 Å². The van der Waals surface area contributed by atoms with Crippen molar-refractivity contribution in [3.8, 4) is 0 Å². The molecule has 0 heterocycles. The van der Waals surface area contributed by atoms with Crippen molar-refractivity contribution >= 4 is 6.09 Å². The van der Waals surface area contributed by atoms with E-state index in [0.717, 1.165) is 12.5 Å². The van der Waals surface area contributed by atoms with E-state index in [9.17, 15) is 4.79 Å². The molecule has 0 spiro atoms. The number of hydrogen-bond acceptors (Lipinski definition) is 3. The molecular formula is C15H30N2O2. The summed E-state index contributed by atoms with van der Waals surface area (Å²) in [6.07, 6.45) is 6.48. The van der Waals surface area contributed by atoms with Gasteiger partial charge in [0.2, 0.25) is 0 Å². The first-order valence-corrected chi connectivity index (χ1v) is 7.59. The van der Waals surface area contributed by atoms with E-state index in [4.69, 9.17) is 4.74 Å². The van der Waals surface area contributed by atoms with E-state index in [0.29, 0.717) is 12.6 Å². The average Bonchev–Trinajstić information content (AvgIpc) is 2.33. The molecule has 0 aromatic carbocycles. The maximum atomic E-state index is 11.4. The minimum absolute atomic E-state index is 0.334. The van der Waals surface area contributed by atoms with Gasteiger partial charge in [0.1, 0.15) is 5.60 Å². The molecule has 19 heavy (non-hydrogen) atoms. The normalized spacial score (nSPS) is 18.9. The van der Waals surface area contributed by atoms with Gasteiger partial charge in [-0.2, -0.15) is 0 Å². The van der Waals surface area contributed by atoms with Crippen LogP contribution in [0.2, 0.25) is 0 Å². The van der Waals surface area contributed by atoms with Crippen LogP contribution < -0.4 is 10.6 Å². The van der Waals surface area contributed by atoms with Crippen molar-refractivity contribution in [2.75, 3.05) is 13.1 Å². The molecule has 0 bridgehead atoms. The molecular weight excluding hydrogens is 240 g/mol. The van der Waals surface area contributed by atoms with Gasteiger partial charge in [-0.25, -0.2) is 4.79 Å². The van der Waals surface area contributed by atoms with E-state index < -0.39 is 5.60 Å². The number of carbonyl (C=O) groups excluding carboxylic acids is 1. The number of alkyl carbamates (subject to hydrolysis) is 1. The number of ether oxygens (including phenoxy) is 1. The lowest BCUT2D eigenvalue weighted by Crippen LogP contribution is -2.41. The Bertz CT molecular complexity index is 268. The monoisotopic (exact) mass is 270 g/mol. The summed E-state index contributed by atoms with van der Waals surface area (Å²) < 4.78 is 5.18. The summed E-state index contributed by atoms with van der Waals surface area (Å²) in [5, 5.41) is 6.27. The molecule has 0 radical (unpaired) electrons. The van der Waals surface area contributed by atoms with Gasteiger partial charge in [0, 0.05) is 19.1 Å². The predicted octanol–water partition coefficient (Wildman–Crippen LogP) is 3.07. The van der Waals surface area contributed by atoms with Gasteiger partial charge in [0.25, 0.3) is 0 Å². The molecule has 0 aliphatic heterocycles. The highest BCUT2D eigenvalue weighted by molar-refractivity contribution is 5.67. The molecule has 0 saturated heterocycles. The standard InChI is InChI=1S/C15H30N2O2/c1-12(13-8-6-5-7-9-13)16-10-11-17-14(18)19-15(2,3)4/h12-13,16H,5-11H2,1-4H3,(H,17,18)/t12-/m1/s1. The average molecular weight is 270 g/mol. The molecule has 4 heteroatoms. The molecule has 1 aliphatic rings. The minimum atomic E-state index is -0.424. The second-order valence-electron chi connectivity index (χ2n) is 6.57. The van der Waals surface area contributed by atoms with Gasteiger partial charge in [-0.05, 0) is 46.5 Å². The maximum absolute atomic E-state index is 11.4. The van der Waals surface area contributed by atoms with Crippen LogP contribution in [-0.2, 0) is 4.74 Å². The summed E-state index contributed by atoms with van der Waals surface area (Å²) in [5.74, 6) is 0.801. The molecule has 1 saturated carbocycles. The second kappa shape index (κ2) is 7.73. The van der Waals surface area contributed by atoms with Crippen LogP contribution in [0.1, 0.15) is 59.8 Å². The molecule has 1 rings (SSSR count). The van der Waals surface area contributed by atoms with E-state index in [1.54, 1.807) is 0 Å². The smallest absolute Gasteiger partial charge is 0.407 e. The van der Waals surface area contributed by atoms with Gasteiger partial charge in [0.05, 0.1) is 0 Å². The molecule has 1 atom stereocenters. The second-order valence-corrected chi connectivity index (χ2v) is 6.57. The van der Waals surface area contributed by atoms with Crippen molar-refractivity contribution in [2.24, 2.45) is 5.92 Å². The Morgan fingerprint density at radius 2 is 1.84 bits per heavy atom. The largest absolute Gasteiger partial charge is 0.444 e. The lowest BCUT2D eigenvalue weighted by atomic mass is 9.84. The highest BCUT2D eigenvalue weighted by Gasteiger charge is 2.19. The van der Waals surface area contributed by atoms with Gasteiger partial charge >= 0.3 is 6.09 Å². The van der Waals surface area contributed by atoms with Crippen molar-refractivity contribution in [3.63, 3.8) is 0 Å². The molecule has 2 N–H and O–H groups in total. The zero-order valence-electron chi connectivity index (χ0n) is 12.9. The van der Waals surface area contributed by atoms with Gasteiger partial charge < -0.3 is 15.4 Å². The molecule has 0 aromatic rings. The van der Waals surface area contributed by atoms with E-state index >= 15 is 0 Å². The fraction of sp³-hybridized carbons (Fsp3) is 0.933. The number of rotatable bonds is 5. The third-order valence-electron chi connectivity index (χ3n) is 3.62. The Morgan fingerprint density at radius 3 is 2.42 bits per heavy atom. The van der Waals surface area contributed by atoms with Crippen LogP contribution in [0.5, 0.6) is 0 Å². The van der Waals surface area contributed by atoms with Crippen LogP contribution in [0.4, 0.5) is 4.79 Å². The Kier molecular flexibility index (Phi) is 6.63. The van der Waals surface area contributed by atoms with Crippen molar-refractivity contribution in [2.45, 2.75) is 71.4 Å². The lowest BCUT2D eigenvalue weighted by molar-refractivity contribution is 0.0527. The summed E-state index contributed by atoms with van der Waals surface area (Å²) in [7, 11) is 0. The van der Waals surface area contributed by atoms with E-state index in [1.165, 1.54) is 32.1 Å². The van der Waals surface area contributed by atoms with E-state index in [-0.39, 0.29) is 6.09 Å². The lowest BCUT2D eigenvalue weighted by Gasteiger charge is -2.28. The summed E-state index contributed by atoms with van der Waals surface area (Å²) >= 11 is 0. The van der Waals surface area contributed by atoms with Crippen LogP contribution in [0.25, 0.3) is 0 Å². The molecule has 112 valence electrons. The zero-order chi connectivity index (χ0) is 14.3. The third-order valence-corrected chi connectivity index (χ3v) is 3.62. The summed E-state index contributed by atoms with van der Waals surface area (Å²) in [6, 6.07) is 0.542. The fourth-order valence-corrected chi connectivity index (χ4v) is 2.58. The predicted molar refractivity (Wildman–Crippen MR) is 78.3 cm³/mol. The molecule has 1 aliphatic carbocycles. The third kappa shape index (κ3) is 7.41. The SMILES string of the molecule is C[C@@H](NCCNC(=O)OC(C)(C)C)C1CCCCC1. The van der Waals surface area contributed by atoms with Crippen LogP contribution in [0, 0.1) is 5.92 Å². The topological polar surface area (TPSA) is 50.4 Å². The number of carbonyl (C=O) groups is 1. The summed E-state index contributed by atoms with van der Waals surface area (Å²) in [4.78, 5) is 11.4. The number of amides is 1. The highest BCUT2D eigenvalue weighted by atomic mass is 16.6. The van der Waals surface area contributed by atoms with Crippen LogP contribution in [0.3, 0.4) is 0 Å². The van der Waals surface area contributed by atoms with Gasteiger partial charge in [0.15, 0.2) is 0 Å². The first-order valence-electron chi connectivity index (χ1n) is 7.59. The maximum Gasteiger partial charge on any atom is 0.407 e. The van der Waals surface area contributed by atoms with E-state index in [1.807, 2.05) is 20.8 Å². The Balaban J connectivity index is 2.08. The van der Waals surface area contributed by atoms with Gasteiger partial charge in [-0.1, -0.05) is 19.3 Å². The molecule has 4 nitrogen and oxygen atoms in total. The van der Waals surface area contributed by atoms with Gasteiger partial charge in [-0.15, -0.1) is 0 Å². The number of hydrogen-bond donors (Lipinski definition) is 2. The van der Waals surface area contributed by atoms with Crippen molar-refractivity contribution in [3.05, 3.63) is 0 Å². The fourth-order valence-electron chi connectivity index (χ4n) is 2.58. The Labute approximate surface area is 117 Å². The Hall–Kier alpha value is -0.770. The quantitative estimate of drug-likeness (QED) is 0.755. The minimum Gasteiger partial charge on any atom is -0.444 e. The summed E-state index contributed by atoms with van der Waals surface area (Å²) in [6.45, 7) is 9.29. The molecule has 1 fully saturated rings. The van der Waals surface area contributed by atoms with Crippen LogP contribution in [0.15, 0.2) is 0 Å². The first-order chi connectivity index (χ1) is 8.88. The zero-order valence-corrected chi connectivity index (χ0v) is 12.9. The van der Waals surface area contributed by atoms with Crippen LogP contribution >= 0.6 is 0 Å². The Morgan fingerprint density at radius 1 is 1.21 bits per heavy atom. The molecule has 0 aromatic heterocycles.